The van der Waals surface area contributed by atoms with Crippen molar-refractivity contribution in [3.63, 3.8) is 0 Å². The quantitative estimate of drug-likeness (QED) is 0.803. The van der Waals surface area contributed by atoms with E-state index in [1.807, 2.05) is 6.20 Å². The summed E-state index contributed by atoms with van der Waals surface area (Å²) in [6.07, 6.45) is 8.38. The molecule has 3 rings (SSSR count). The van der Waals surface area contributed by atoms with E-state index in [1.165, 1.54) is 42.5 Å². The Hall–Kier alpha value is -0.670. The fraction of sp³-hybridized carbons (Fsp3) is 0.533. The Kier molecular flexibility index (Phi) is 3.53. The van der Waals surface area contributed by atoms with Crippen molar-refractivity contribution in [2.24, 2.45) is 11.8 Å². The Labute approximate surface area is 117 Å². The molecule has 3 heteroatoms. The molecule has 0 aromatic carbocycles. The lowest BCUT2D eigenvalue weighted by Crippen LogP contribution is -2.37. The van der Waals surface area contributed by atoms with Gasteiger partial charge in [0.1, 0.15) is 4.60 Å². The number of halogens is 1. The molecule has 1 aliphatic heterocycles. The summed E-state index contributed by atoms with van der Waals surface area (Å²) in [6, 6.07) is 2.25. The third-order valence-electron chi connectivity index (χ3n) is 4.26. The maximum Gasteiger partial charge on any atom is 0.109 e. The molecular formula is C15H19BrN2. The molecule has 0 amide bonds. The first-order valence-electron chi connectivity index (χ1n) is 6.78. The number of allylic oxidation sites excluding steroid dienone is 1. The highest BCUT2D eigenvalue weighted by atomic mass is 79.9. The van der Waals surface area contributed by atoms with Crippen LogP contribution < -0.4 is 5.32 Å². The minimum atomic E-state index is 0.728. The van der Waals surface area contributed by atoms with Crippen molar-refractivity contribution in [1.82, 2.24) is 10.3 Å². The summed E-state index contributed by atoms with van der Waals surface area (Å²) < 4.78 is 0.958. The van der Waals surface area contributed by atoms with Gasteiger partial charge in [-0.15, -0.1) is 0 Å². The van der Waals surface area contributed by atoms with Crippen LogP contribution in [0.4, 0.5) is 0 Å². The van der Waals surface area contributed by atoms with Gasteiger partial charge in [-0.3, -0.25) is 0 Å². The molecule has 2 nitrogen and oxygen atoms in total. The molecule has 2 aliphatic rings. The Morgan fingerprint density at radius 2 is 2.28 bits per heavy atom. The lowest BCUT2D eigenvalue weighted by molar-refractivity contribution is 0.279. The monoisotopic (exact) mass is 306 g/mol. The van der Waals surface area contributed by atoms with E-state index in [2.05, 4.69) is 45.3 Å². The lowest BCUT2D eigenvalue weighted by atomic mass is 9.76. The molecule has 1 aliphatic carbocycles. The van der Waals surface area contributed by atoms with E-state index in [-0.39, 0.29) is 0 Å². The number of nitrogens with zero attached hydrogens (tertiary/aromatic N) is 1. The summed E-state index contributed by atoms with van der Waals surface area (Å²) in [5.74, 6) is 1.63. The molecule has 1 aromatic heterocycles. The highest BCUT2D eigenvalue weighted by Gasteiger charge is 2.27. The maximum atomic E-state index is 4.42. The van der Waals surface area contributed by atoms with Gasteiger partial charge in [-0.05, 0) is 83.3 Å². The van der Waals surface area contributed by atoms with Gasteiger partial charge in [0.2, 0.25) is 0 Å². The van der Waals surface area contributed by atoms with Crippen molar-refractivity contribution < 1.29 is 0 Å². The summed E-state index contributed by atoms with van der Waals surface area (Å²) >= 11 is 3.47. The highest BCUT2D eigenvalue weighted by molar-refractivity contribution is 9.10. The predicted molar refractivity (Wildman–Crippen MR) is 78.4 cm³/mol. The topological polar surface area (TPSA) is 24.9 Å². The van der Waals surface area contributed by atoms with Crippen molar-refractivity contribution >= 4 is 21.5 Å². The zero-order valence-corrected chi connectivity index (χ0v) is 12.3. The average Bonchev–Trinajstić information content (AvgIpc) is 2.41. The molecule has 18 heavy (non-hydrogen) atoms. The second-order valence-electron chi connectivity index (χ2n) is 5.48. The molecule has 1 fully saturated rings. The molecule has 96 valence electrons. The van der Waals surface area contributed by atoms with Crippen LogP contribution in [0.3, 0.4) is 0 Å². The van der Waals surface area contributed by atoms with Crippen LogP contribution in [0.2, 0.25) is 0 Å². The molecule has 0 saturated carbocycles. The van der Waals surface area contributed by atoms with Gasteiger partial charge in [-0.2, -0.15) is 0 Å². The van der Waals surface area contributed by atoms with Crippen molar-refractivity contribution in [2.45, 2.75) is 26.2 Å². The Bertz CT molecular complexity index is 481. The van der Waals surface area contributed by atoms with Crippen molar-refractivity contribution in [3.8, 4) is 0 Å². The summed E-state index contributed by atoms with van der Waals surface area (Å²) in [7, 11) is 0. The second kappa shape index (κ2) is 5.14. The normalized spacial score (nSPS) is 27.6. The standard InChI is InChI=1S/C15H19BrN2/c1-10-6-13(9-18-15(10)16)12-3-2-11-4-5-17-8-14(11)7-12/h6-7,9,11,14,17H,2-5,8H2,1H3. The van der Waals surface area contributed by atoms with Crippen LogP contribution in [0, 0.1) is 18.8 Å². The van der Waals surface area contributed by atoms with E-state index in [1.54, 1.807) is 0 Å². The maximum absolute atomic E-state index is 4.42. The minimum absolute atomic E-state index is 0.728. The largest absolute Gasteiger partial charge is 0.316 e. The molecular weight excluding hydrogens is 288 g/mol. The minimum Gasteiger partial charge on any atom is -0.316 e. The molecule has 0 spiro atoms. The van der Waals surface area contributed by atoms with Gasteiger partial charge in [0.25, 0.3) is 0 Å². The zero-order chi connectivity index (χ0) is 12.5. The molecule has 1 aromatic rings. The number of aryl methyl sites for hydroxylation is 1. The number of pyridine rings is 1. The zero-order valence-electron chi connectivity index (χ0n) is 10.7. The fourth-order valence-electron chi connectivity index (χ4n) is 3.15. The fourth-order valence-corrected chi connectivity index (χ4v) is 3.36. The number of aromatic nitrogens is 1. The van der Waals surface area contributed by atoms with Crippen LogP contribution in [0.5, 0.6) is 0 Å². The summed E-state index contributed by atoms with van der Waals surface area (Å²) in [5.41, 5.74) is 4.01. The van der Waals surface area contributed by atoms with Gasteiger partial charge >= 0.3 is 0 Å². The van der Waals surface area contributed by atoms with Crippen LogP contribution in [0.25, 0.3) is 5.57 Å². The number of fused-ring (bicyclic) bond motifs is 1. The summed E-state index contributed by atoms with van der Waals surface area (Å²) in [5, 5.41) is 3.51. The lowest BCUT2D eigenvalue weighted by Gasteiger charge is -2.34. The van der Waals surface area contributed by atoms with Gasteiger partial charge in [0.05, 0.1) is 0 Å². The number of rotatable bonds is 1. The molecule has 2 heterocycles. The second-order valence-corrected chi connectivity index (χ2v) is 6.23. The van der Waals surface area contributed by atoms with Crippen LogP contribution in [0.15, 0.2) is 22.9 Å². The van der Waals surface area contributed by atoms with Gasteiger partial charge in [0.15, 0.2) is 0 Å². The van der Waals surface area contributed by atoms with E-state index in [9.17, 15) is 0 Å². The molecule has 0 radical (unpaired) electrons. The molecule has 2 unspecified atom stereocenters. The first-order chi connectivity index (χ1) is 8.74. The predicted octanol–water partition coefficient (Wildman–Crippen LogP) is 3.56. The van der Waals surface area contributed by atoms with E-state index < -0.39 is 0 Å². The van der Waals surface area contributed by atoms with E-state index in [0.717, 1.165) is 23.0 Å². The van der Waals surface area contributed by atoms with Gasteiger partial charge < -0.3 is 5.32 Å². The molecule has 1 N–H and O–H groups in total. The van der Waals surface area contributed by atoms with Crippen LogP contribution in [-0.4, -0.2) is 18.1 Å². The third-order valence-corrected chi connectivity index (χ3v) is 5.09. The molecule has 1 saturated heterocycles. The first kappa shape index (κ1) is 12.4. The van der Waals surface area contributed by atoms with Crippen LogP contribution in [0.1, 0.15) is 30.4 Å². The number of piperidine rings is 1. The Balaban J connectivity index is 1.87. The van der Waals surface area contributed by atoms with Crippen LogP contribution in [-0.2, 0) is 0 Å². The van der Waals surface area contributed by atoms with E-state index in [0.29, 0.717) is 0 Å². The molecule has 2 atom stereocenters. The highest BCUT2D eigenvalue weighted by Crippen LogP contribution is 2.36. The third kappa shape index (κ3) is 2.39. The number of nitrogens with one attached hydrogen (secondary N) is 1. The SMILES string of the molecule is Cc1cc(C2=CC3CNCCC3CC2)cnc1Br. The van der Waals surface area contributed by atoms with E-state index >= 15 is 0 Å². The number of hydrogen-bond acceptors (Lipinski definition) is 2. The van der Waals surface area contributed by atoms with Crippen LogP contribution >= 0.6 is 15.9 Å². The van der Waals surface area contributed by atoms with Gasteiger partial charge in [-0.25, -0.2) is 4.98 Å². The van der Waals surface area contributed by atoms with Crippen molar-refractivity contribution in [3.05, 3.63) is 34.1 Å². The average molecular weight is 307 g/mol. The summed E-state index contributed by atoms with van der Waals surface area (Å²) in [6.45, 7) is 4.45. The van der Waals surface area contributed by atoms with Crippen molar-refractivity contribution in [2.75, 3.05) is 13.1 Å². The smallest absolute Gasteiger partial charge is 0.109 e. The Morgan fingerprint density at radius 3 is 3.11 bits per heavy atom. The number of hydrogen-bond donors (Lipinski definition) is 1. The molecule has 0 bridgehead atoms. The van der Waals surface area contributed by atoms with E-state index in [4.69, 9.17) is 0 Å². The first-order valence-corrected chi connectivity index (χ1v) is 7.57. The van der Waals surface area contributed by atoms with Gasteiger partial charge in [0, 0.05) is 12.7 Å². The Morgan fingerprint density at radius 1 is 1.39 bits per heavy atom. The van der Waals surface area contributed by atoms with Gasteiger partial charge in [-0.1, -0.05) is 6.08 Å². The summed E-state index contributed by atoms with van der Waals surface area (Å²) in [4.78, 5) is 4.42. The van der Waals surface area contributed by atoms with Crippen molar-refractivity contribution in [1.29, 1.82) is 0 Å².